The summed E-state index contributed by atoms with van der Waals surface area (Å²) in [6.07, 6.45) is 2.40. The van der Waals surface area contributed by atoms with E-state index in [1.54, 1.807) is 35.0 Å². The van der Waals surface area contributed by atoms with E-state index < -0.39 is 11.8 Å². The predicted molar refractivity (Wildman–Crippen MR) is 91.9 cm³/mol. The lowest BCUT2D eigenvalue weighted by molar-refractivity contribution is -0.131. The Morgan fingerprint density at radius 2 is 1.92 bits per heavy atom. The van der Waals surface area contributed by atoms with Gasteiger partial charge in [0.1, 0.15) is 5.82 Å². The van der Waals surface area contributed by atoms with Crippen molar-refractivity contribution in [3.8, 4) is 0 Å². The Morgan fingerprint density at radius 1 is 1.21 bits per heavy atom. The molecule has 0 aliphatic rings. The maximum Gasteiger partial charge on any atom is 0.328 e. The van der Waals surface area contributed by atoms with Gasteiger partial charge in [-0.3, -0.25) is 4.68 Å². The average molecular weight is 365 g/mol. The molecule has 0 radical (unpaired) electrons. The van der Waals surface area contributed by atoms with E-state index in [0.717, 1.165) is 11.5 Å². The van der Waals surface area contributed by atoms with E-state index in [9.17, 15) is 9.18 Å². The van der Waals surface area contributed by atoms with Gasteiger partial charge in [0.2, 0.25) is 0 Å². The van der Waals surface area contributed by atoms with Crippen LogP contribution in [-0.4, -0.2) is 20.9 Å². The van der Waals surface area contributed by atoms with Crippen LogP contribution in [0.25, 0.3) is 17.0 Å². The van der Waals surface area contributed by atoms with Gasteiger partial charge in [-0.1, -0.05) is 29.3 Å². The van der Waals surface area contributed by atoms with Crippen LogP contribution in [0.4, 0.5) is 4.39 Å². The first kappa shape index (κ1) is 16.5. The molecule has 2 aromatic carbocycles. The topological polar surface area (TPSA) is 55.1 Å². The lowest BCUT2D eigenvalue weighted by atomic mass is 10.2. The minimum Gasteiger partial charge on any atom is -0.478 e. The smallest absolute Gasteiger partial charge is 0.328 e. The third-order valence-electron chi connectivity index (χ3n) is 3.46. The van der Waals surface area contributed by atoms with Crippen LogP contribution in [0, 0.1) is 5.82 Å². The highest BCUT2D eigenvalue weighted by atomic mass is 35.5. The number of benzene rings is 2. The van der Waals surface area contributed by atoms with Crippen molar-refractivity contribution in [1.29, 1.82) is 0 Å². The Morgan fingerprint density at radius 3 is 2.62 bits per heavy atom. The first-order chi connectivity index (χ1) is 11.4. The molecule has 0 saturated heterocycles. The van der Waals surface area contributed by atoms with Crippen LogP contribution in [0.15, 0.2) is 42.5 Å². The van der Waals surface area contributed by atoms with Gasteiger partial charge in [0.15, 0.2) is 0 Å². The van der Waals surface area contributed by atoms with Gasteiger partial charge in [0.25, 0.3) is 0 Å². The van der Waals surface area contributed by atoms with Crippen molar-refractivity contribution in [2.45, 2.75) is 6.54 Å². The molecule has 0 spiro atoms. The van der Waals surface area contributed by atoms with Crippen LogP contribution in [0.5, 0.6) is 0 Å². The maximum absolute atomic E-state index is 14.0. The second-order valence-corrected chi connectivity index (χ2v) is 5.98. The van der Waals surface area contributed by atoms with Gasteiger partial charge < -0.3 is 5.11 Å². The zero-order valence-corrected chi connectivity index (χ0v) is 13.7. The molecular formula is C17H11Cl2FN2O2. The standard InChI is InChI=1S/C17H11Cl2FN2O2/c18-11-2-1-10(14(20)7-11)9-22-16-8-12(19)3-4-13(16)15(21-22)5-6-17(23)24/h1-8H,9H2,(H,23,24)/b6-5+. The Hall–Kier alpha value is -2.37. The summed E-state index contributed by atoms with van der Waals surface area (Å²) in [6, 6.07) is 9.57. The molecule has 0 atom stereocenters. The Balaban J connectivity index is 2.09. The van der Waals surface area contributed by atoms with Crippen molar-refractivity contribution >= 4 is 46.2 Å². The molecular weight excluding hydrogens is 354 g/mol. The molecule has 7 heteroatoms. The molecule has 1 N–H and O–H groups in total. The van der Waals surface area contributed by atoms with Crippen molar-refractivity contribution in [3.63, 3.8) is 0 Å². The normalized spacial score (nSPS) is 11.5. The highest BCUT2D eigenvalue weighted by molar-refractivity contribution is 6.31. The second kappa shape index (κ2) is 6.63. The molecule has 1 aromatic heterocycles. The van der Waals surface area contributed by atoms with Gasteiger partial charge in [-0.25, -0.2) is 9.18 Å². The van der Waals surface area contributed by atoms with Crippen LogP contribution in [-0.2, 0) is 11.3 Å². The fraction of sp³-hybridized carbons (Fsp3) is 0.0588. The summed E-state index contributed by atoms with van der Waals surface area (Å²) in [6.45, 7) is 0.167. The van der Waals surface area contributed by atoms with Crippen LogP contribution in [0.2, 0.25) is 10.0 Å². The zero-order valence-electron chi connectivity index (χ0n) is 12.2. The van der Waals surface area contributed by atoms with Crippen LogP contribution in [0.3, 0.4) is 0 Å². The molecule has 0 aliphatic carbocycles. The molecule has 0 aliphatic heterocycles. The SMILES string of the molecule is O=C(O)/C=C/c1nn(Cc2ccc(Cl)cc2F)c2cc(Cl)ccc12. The zero-order chi connectivity index (χ0) is 17.3. The number of carbonyl (C=O) groups is 1. The number of nitrogens with zero attached hydrogens (tertiary/aromatic N) is 2. The van der Waals surface area contributed by atoms with Crippen LogP contribution in [0.1, 0.15) is 11.3 Å². The second-order valence-electron chi connectivity index (χ2n) is 5.11. The summed E-state index contributed by atoms with van der Waals surface area (Å²) >= 11 is 11.8. The molecule has 3 rings (SSSR count). The summed E-state index contributed by atoms with van der Waals surface area (Å²) < 4.78 is 15.6. The fourth-order valence-corrected chi connectivity index (χ4v) is 2.70. The number of hydrogen-bond acceptors (Lipinski definition) is 2. The van der Waals surface area contributed by atoms with Crippen LogP contribution < -0.4 is 0 Å². The van der Waals surface area contributed by atoms with Crippen molar-refractivity contribution in [3.05, 3.63) is 69.6 Å². The number of fused-ring (bicyclic) bond motifs is 1. The minimum atomic E-state index is -1.07. The maximum atomic E-state index is 14.0. The molecule has 0 unspecified atom stereocenters. The van der Waals surface area contributed by atoms with E-state index in [2.05, 4.69) is 5.10 Å². The molecule has 0 bridgehead atoms. The van der Waals surface area contributed by atoms with Crippen molar-refractivity contribution < 1.29 is 14.3 Å². The van der Waals surface area contributed by atoms with Gasteiger partial charge in [0.05, 0.1) is 17.8 Å². The summed E-state index contributed by atoms with van der Waals surface area (Å²) in [5, 5.41) is 14.7. The molecule has 0 saturated carbocycles. The van der Waals surface area contributed by atoms with Gasteiger partial charge in [-0.15, -0.1) is 0 Å². The summed E-state index contributed by atoms with van der Waals surface area (Å²) in [5.74, 6) is -1.51. The molecule has 0 amide bonds. The highest BCUT2D eigenvalue weighted by Crippen LogP contribution is 2.25. The molecule has 4 nitrogen and oxygen atoms in total. The first-order valence-electron chi connectivity index (χ1n) is 6.95. The first-order valence-corrected chi connectivity index (χ1v) is 7.70. The number of carboxylic acids is 1. The Labute approximate surface area is 146 Å². The number of carboxylic acid groups (broad SMARTS) is 1. The monoisotopic (exact) mass is 364 g/mol. The van der Waals surface area contributed by atoms with Crippen molar-refractivity contribution in [1.82, 2.24) is 9.78 Å². The third-order valence-corrected chi connectivity index (χ3v) is 3.93. The quantitative estimate of drug-likeness (QED) is 0.686. The number of aromatic nitrogens is 2. The van der Waals surface area contributed by atoms with E-state index in [0.29, 0.717) is 26.8 Å². The van der Waals surface area contributed by atoms with Gasteiger partial charge >= 0.3 is 5.97 Å². The fourth-order valence-electron chi connectivity index (χ4n) is 2.38. The number of aliphatic carboxylic acids is 1. The average Bonchev–Trinajstić information content (AvgIpc) is 2.85. The van der Waals surface area contributed by atoms with Gasteiger partial charge in [0, 0.05) is 27.1 Å². The summed E-state index contributed by atoms with van der Waals surface area (Å²) in [5.41, 5.74) is 1.57. The van der Waals surface area contributed by atoms with Gasteiger partial charge in [-0.05, 0) is 36.4 Å². The molecule has 122 valence electrons. The van der Waals surface area contributed by atoms with Crippen molar-refractivity contribution in [2.24, 2.45) is 0 Å². The molecule has 1 heterocycles. The number of rotatable bonds is 4. The highest BCUT2D eigenvalue weighted by Gasteiger charge is 2.12. The van der Waals surface area contributed by atoms with Crippen LogP contribution >= 0.6 is 23.2 Å². The Kier molecular flexibility index (Phi) is 4.55. The number of halogens is 3. The molecule has 24 heavy (non-hydrogen) atoms. The van der Waals surface area contributed by atoms with E-state index in [1.165, 1.54) is 12.1 Å². The molecule has 3 aromatic rings. The largest absolute Gasteiger partial charge is 0.478 e. The van der Waals surface area contributed by atoms with E-state index in [-0.39, 0.29) is 6.54 Å². The molecule has 0 fully saturated rings. The number of hydrogen-bond donors (Lipinski definition) is 1. The van der Waals surface area contributed by atoms with Gasteiger partial charge in [-0.2, -0.15) is 5.10 Å². The minimum absolute atomic E-state index is 0.167. The summed E-state index contributed by atoms with van der Waals surface area (Å²) in [7, 11) is 0. The third kappa shape index (κ3) is 3.42. The lowest BCUT2D eigenvalue weighted by Crippen LogP contribution is -2.04. The van der Waals surface area contributed by atoms with E-state index >= 15 is 0 Å². The lowest BCUT2D eigenvalue weighted by Gasteiger charge is -2.06. The van der Waals surface area contributed by atoms with Crippen molar-refractivity contribution in [2.75, 3.05) is 0 Å². The summed E-state index contributed by atoms with van der Waals surface area (Å²) in [4.78, 5) is 10.7. The predicted octanol–water partition coefficient (Wildman–Crippen LogP) is 4.63. The van der Waals surface area contributed by atoms with E-state index in [1.807, 2.05) is 0 Å². The Bertz CT molecular complexity index is 967. The van der Waals surface area contributed by atoms with E-state index in [4.69, 9.17) is 28.3 Å².